The molecule has 2 bridgehead atoms. The van der Waals surface area contributed by atoms with E-state index in [9.17, 15) is 8.42 Å². The normalized spacial score (nSPS) is 34.8. The van der Waals surface area contributed by atoms with Gasteiger partial charge in [0.2, 0.25) is 10.0 Å². The lowest BCUT2D eigenvalue weighted by Crippen LogP contribution is -2.40. The zero-order chi connectivity index (χ0) is 18.0. The minimum Gasteiger partial charge on any atom is -0.370 e. The van der Waals surface area contributed by atoms with Crippen molar-refractivity contribution in [2.75, 3.05) is 33.7 Å². The third kappa shape index (κ3) is 2.74. The molecule has 138 valence electrons. The second kappa shape index (κ2) is 5.78. The predicted molar refractivity (Wildman–Crippen MR) is 97.0 cm³/mol. The lowest BCUT2D eigenvalue weighted by molar-refractivity contribution is 0.00739. The summed E-state index contributed by atoms with van der Waals surface area (Å²) in [6, 6.07) is 5.57. The topological polar surface area (TPSA) is 49.9 Å². The Morgan fingerprint density at radius 1 is 1.24 bits per heavy atom. The molecule has 1 aromatic carbocycles. The van der Waals surface area contributed by atoms with Crippen molar-refractivity contribution in [1.29, 1.82) is 0 Å². The largest absolute Gasteiger partial charge is 0.370 e. The summed E-state index contributed by atoms with van der Waals surface area (Å²) in [5.41, 5.74) is 1.72. The van der Waals surface area contributed by atoms with Crippen LogP contribution in [0.5, 0.6) is 0 Å². The van der Waals surface area contributed by atoms with Gasteiger partial charge in [-0.1, -0.05) is 6.07 Å². The summed E-state index contributed by atoms with van der Waals surface area (Å²) in [6.07, 6.45) is 2.36. The highest BCUT2D eigenvalue weighted by molar-refractivity contribution is 7.89. The van der Waals surface area contributed by atoms with Crippen LogP contribution in [0.25, 0.3) is 0 Å². The van der Waals surface area contributed by atoms with Gasteiger partial charge in [-0.2, -0.15) is 4.31 Å². The quantitative estimate of drug-likeness (QED) is 0.820. The average molecular weight is 365 g/mol. The maximum atomic E-state index is 13.2. The molecule has 3 saturated heterocycles. The summed E-state index contributed by atoms with van der Waals surface area (Å²) in [4.78, 5) is 2.61. The van der Waals surface area contributed by atoms with Crippen LogP contribution < -0.4 is 0 Å². The number of aryl methyl sites for hydroxylation is 2. The van der Waals surface area contributed by atoms with Crippen LogP contribution in [-0.2, 0) is 14.8 Å². The molecule has 0 aromatic heterocycles. The number of rotatable bonds is 4. The maximum absolute atomic E-state index is 13.2. The van der Waals surface area contributed by atoms with Crippen molar-refractivity contribution >= 4 is 10.0 Å². The van der Waals surface area contributed by atoms with Gasteiger partial charge in [0.25, 0.3) is 0 Å². The van der Waals surface area contributed by atoms with Crippen LogP contribution in [0.3, 0.4) is 0 Å². The van der Waals surface area contributed by atoms with Crippen LogP contribution in [0, 0.1) is 25.7 Å². The third-order valence-corrected chi connectivity index (χ3v) is 7.95. The number of ether oxygens (including phenoxy) is 1. The molecule has 1 spiro atoms. The Morgan fingerprint density at radius 3 is 2.56 bits per heavy atom. The maximum Gasteiger partial charge on any atom is 0.243 e. The number of hydrogen-bond acceptors (Lipinski definition) is 4. The smallest absolute Gasteiger partial charge is 0.243 e. The first-order chi connectivity index (χ1) is 11.7. The van der Waals surface area contributed by atoms with Gasteiger partial charge >= 0.3 is 0 Å². The van der Waals surface area contributed by atoms with E-state index in [-0.39, 0.29) is 5.60 Å². The number of hydrogen-bond donors (Lipinski definition) is 0. The third-order valence-electron chi connectivity index (χ3n) is 6.16. The zero-order valence-corrected chi connectivity index (χ0v) is 16.3. The summed E-state index contributed by atoms with van der Waals surface area (Å²) in [7, 11) is 0.694. The number of fused-ring (bicyclic) bond motifs is 1. The summed E-state index contributed by atoms with van der Waals surface area (Å²) >= 11 is 0. The molecule has 0 amide bonds. The highest BCUT2D eigenvalue weighted by atomic mass is 32.2. The van der Waals surface area contributed by atoms with Gasteiger partial charge in [0.15, 0.2) is 0 Å². The van der Waals surface area contributed by atoms with E-state index in [0.29, 0.717) is 35.9 Å². The SMILES string of the molecule is Cc1cc(C)cc(S(=O)(=O)N2C[C@@H]3[C@H](CN(C)C)[C@H]4CC[C@]3(C2)O4)c1. The van der Waals surface area contributed by atoms with Crippen molar-refractivity contribution in [3.63, 3.8) is 0 Å². The van der Waals surface area contributed by atoms with Gasteiger partial charge in [0.05, 0.1) is 16.6 Å². The summed E-state index contributed by atoms with van der Waals surface area (Å²) in [5.74, 6) is 0.748. The van der Waals surface area contributed by atoms with Crippen LogP contribution in [0.1, 0.15) is 24.0 Å². The van der Waals surface area contributed by atoms with Crippen molar-refractivity contribution in [2.45, 2.75) is 43.3 Å². The van der Waals surface area contributed by atoms with Gasteiger partial charge in [0, 0.05) is 31.5 Å². The molecule has 6 heteroatoms. The number of benzene rings is 1. The summed E-state index contributed by atoms with van der Waals surface area (Å²) in [6.45, 7) is 5.95. The second-order valence-electron chi connectivity index (χ2n) is 8.41. The van der Waals surface area contributed by atoms with E-state index in [2.05, 4.69) is 19.0 Å². The Morgan fingerprint density at radius 2 is 1.92 bits per heavy atom. The molecule has 5 nitrogen and oxygen atoms in total. The molecule has 3 heterocycles. The highest BCUT2D eigenvalue weighted by Crippen LogP contribution is 2.55. The van der Waals surface area contributed by atoms with Gasteiger partial charge in [-0.25, -0.2) is 8.42 Å². The van der Waals surface area contributed by atoms with E-state index < -0.39 is 10.0 Å². The van der Waals surface area contributed by atoms with Crippen molar-refractivity contribution in [3.8, 4) is 0 Å². The van der Waals surface area contributed by atoms with E-state index >= 15 is 0 Å². The summed E-state index contributed by atoms with van der Waals surface area (Å²) < 4.78 is 34.5. The molecular formula is C19H28N2O3S. The highest BCUT2D eigenvalue weighted by Gasteiger charge is 2.64. The minimum absolute atomic E-state index is 0.253. The Bertz CT molecular complexity index is 772. The Kier molecular flexibility index (Phi) is 4.03. The van der Waals surface area contributed by atoms with Gasteiger partial charge < -0.3 is 9.64 Å². The Balaban J connectivity index is 1.63. The lowest BCUT2D eigenvalue weighted by atomic mass is 9.73. The molecule has 3 aliphatic heterocycles. The molecular weight excluding hydrogens is 336 g/mol. The fraction of sp³-hybridized carbons (Fsp3) is 0.684. The van der Waals surface area contributed by atoms with Gasteiger partial charge in [-0.05, 0) is 64.0 Å². The van der Waals surface area contributed by atoms with Crippen molar-refractivity contribution in [2.24, 2.45) is 11.8 Å². The minimum atomic E-state index is -3.47. The van der Waals surface area contributed by atoms with Crippen LogP contribution >= 0.6 is 0 Å². The van der Waals surface area contributed by atoms with E-state index in [4.69, 9.17) is 4.74 Å². The molecule has 0 saturated carbocycles. The lowest BCUT2D eigenvalue weighted by Gasteiger charge is -2.31. The second-order valence-corrected chi connectivity index (χ2v) is 10.4. The molecule has 0 unspecified atom stereocenters. The number of sulfonamides is 1. The zero-order valence-electron chi connectivity index (χ0n) is 15.5. The van der Waals surface area contributed by atoms with Crippen LogP contribution in [0.2, 0.25) is 0 Å². The van der Waals surface area contributed by atoms with Crippen LogP contribution in [0.4, 0.5) is 0 Å². The monoisotopic (exact) mass is 364 g/mol. The molecule has 0 N–H and O–H groups in total. The van der Waals surface area contributed by atoms with E-state index in [1.165, 1.54) is 0 Å². The number of nitrogens with zero attached hydrogens (tertiary/aromatic N) is 2. The van der Waals surface area contributed by atoms with Crippen LogP contribution in [0.15, 0.2) is 23.1 Å². The Hall–Kier alpha value is -0.950. The predicted octanol–water partition coefficient (Wildman–Crippen LogP) is 2.03. The van der Waals surface area contributed by atoms with Crippen LogP contribution in [-0.4, -0.2) is 63.1 Å². The van der Waals surface area contributed by atoms with Crippen molar-refractivity contribution < 1.29 is 13.2 Å². The molecule has 0 aliphatic carbocycles. The molecule has 25 heavy (non-hydrogen) atoms. The van der Waals surface area contributed by atoms with Crippen molar-refractivity contribution in [1.82, 2.24) is 9.21 Å². The molecule has 3 aliphatic rings. The first kappa shape index (κ1) is 17.5. The van der Waals surface area contributed by atoms with Gasteiger partial charge in [-0.3, -0.25) is 0 Å². The van der Waals surface area contributed by atoms with Gasteiger partial charge in [0.1, 0.15) is 0 Å². The Labute approximate surface area is 151 Å². The molecule has 1 aromatic rings. The molecule has 4 atom stereocenters. The van der Waals surface area contributed by atoms with Gasteiger partial charge in [-0.15, -0.1) is 0 Å². The standard InChI is InChI=1S/C19H28N2O3S/c1-13-7-14(2)9-15(8-13)25(22,23)21-11-17-16(10-20(3)4)18-5-6-19(17,12-21)24-18/h7-9,16-18H,5-6,10-12H2,1-4H3/t16-,17+,18+,19+/m0/s1. The van der Waals surface area contributed by atoms with E-state index in [1.807, 2.05) is 19.9 Å². The van der Waals surface area contributed by atoms with E-state index in [0.717, 1.165) is 30.5 Å². The molecule has 0 radical (unpaired) electrons. The fourth-order valence-corrected chi connectivity index (χ4v) is 6.94. The first-order valence-electron chi connectivity index (χ1n) is 9.12. The van der Waals surface area contributed by atoms with Crippen molar-refractivity contribution in [3.05, 3.63) is 29.3 Å². The first-order valence-corrected chi connectivity index (χ1v) is 10.6. The summed E-state index contributed by atoms with van der Waals surface area (Å²) in [5, 5.41) is 0. The fourth-order valence-electron chi connectivity index (χ4n) is 5.23. The van der Waals surface area contributed by atoms with E-state index in [1.54, 1.807) is 16.4 Å². The molecule has 4 rings (SSSR count). The molecule has 3 fully saturated rings. The average Bonchev–Trinajstić information content (AvgIpc) is 3.15.